The molecule has 0 aliphatic carbocycles. The van der Waals surface area contributed by atoms with E-state index in [1.807, 2.05) is 6.92 Å². The summed E-state index contributed by atoms with van der Waals surface area (Å²) in [6.45, 7) is 2.27. The molecule has 0 saturated heterocycles. The van der Waals surface area contributed by atoms with Crippen molar-refractivity contribution >= 4 is 29.0 Å². The highest BCUT2D eigenvalue weighted by Crippen LogP contribution is 2.43. The second kappa shape index (κ2) is 7.78. The van der Waals surface area contributed by atoms with Gasteiger partial charge in [-0.15, -0.1) is 0 Å². The fourth-order valence-corrected chi connectivity index (χ4v) is 3.50. The predicted molar refractivity (Wildman–Crippen MR) is 113 cm³/mol. The number of nitrogen functional groups attached to an aromatic ring is 1. The zero-order valence-electron chi connectivity index (χ0n) is 17.4. The van der Waals surface area contributed by atoms with Crippen LogP contribution in [0, 0.1) is 5.82 Å². The lowest BCUT2D eigenvalue weighted by Crippen LogP contribution is -2.35. The van der Waals surface area contributed by atoms with Gasteiger partial charge in [-0.3, -0.25) is 14.0 Å². The Labute approximate surface area is 177 Å². The van der Waals surface area contributed by atoms with Crippen molar-refractivity contribution < 1.29 is 23.5 Å². The van der Waals surface area contributed by atoms with E-state index in [4.69, 9.17) is 15.2 Å². The molecule has 3 heterocycles. The first kappa shape index (κ1) is 20.5. The molecule has 0 unspecified atom stereocenters. The third-order valence-electron chi connectivity index (χ3n) is 5.17. The molecule has 162 valence electrons. The van der Waals surface area contributed by atoms with E-state index in [0.717, 1.165) is 6.42 Å². The molecule has 1 aromatic carbocycles. The molecule has 1 aliphatic rings. The van der Waals surface area contributed by atoms with Gasteiger partial charge in [-0.2, -0.15) is 0 Å². The number of likely N-dealkylation sites (N-methyl/N-ethyl adjacent to an activating group) is 1. The van der Waals surface area contributed by atoms with Gasteiger partial charge in [0.25, 0.3) is 11.8 Å². The number of pyridine rings is 1. The van der Waals surface area contributed by atoms with E-state index in [-0.39, 0.29) is 35.2 Å². The number of amides is 2. The minimum atomic E-state index is -0.573. The second-order valence-electron chi connectivity index (χ2n) is 7.10. The van der Waals surface area contributed by atoms with E-state index in [2.05, 4.69) is 10.3 Å². The second-order valence-corrected chi connectivity index (χ2v) is 7.10. The van der Waals surface area contributed by atoms with Crippen molar-refractivity contribution in [1.82, 2.24) is 14.7 Å². The minimum Gasteiger partial charge on any atom is -0.496 e. The van der Waals surface area contributed by atoms with E-state index >= 15 is 4.39 Å². The number of carbonyl (C=O) groups is 2. The van der Waals surface area contributed by atoms with Crippen LogP contribution in [0.25, 0.3) is 16.8 Å². The zero-order chi connectivity index (χ0) is 22.3. The monoisotopic (exact) mass is 427 g/mol. The highest BCUT2D eigenvalue weighted by Gasteiger charge is 2.28. The molecule has 4 rings (SSSR count). The van der Waals surface area contributed by atoms with Gasteiger partial charge in [0.2, 0.25) is 0 Å². The quantitative estimate of drug-likeness (QED) is 0.646. The fourth-order valence-electron chi connectivity index (χ4n) is 3.50. The van der Waals surface area contributed by atoms with E-state index in [1.165, 1.54) is 28.7 Å². The van der Waals surface area contributed by atoms with Crippen LogP contribution in [0.2, 0.25) is 0 Å². The number of imidazole rings is 1. The van der Waals surface area contributed by atoms with Gasteiger partial charge < -0.3 is 25.4 Å². The summed E-state index contributed by atoms with van der Waals surface area (Å²) >= 11 is 0. The summed E-state index contributed by atoms with van der Waals surface area (Å²) in [7, 11) is 3.07. The number of aromatic nitrogens is 2. The van der Waals surface area contributed by atoms with Crippen LogP contribution >= 0.6 is 0 Å². The Bertz CT molecular complexity index is 1210. The normalized spacial score (nSPS) is 13.2. The van der Waals surface area contributed by atoms with Crippen LogP contribution < -0.4 is 25.4 Å². The third kappa shape index (κ3) is 3.29. The van der Waals surface area contributed by atoms with Crippen molar-refractivity contribution in [2.75, 3.05) is 37.9 Å². The predicted octanol–water partition coefficient (Wildman–Crippen LogP) is 2.23. The first-order valence-electron chi connectivity index (χ1n) is 9.73. The highest BCUT2D eigenvalue weighted by molar-refractivity contribution is 6.00. The van der Waals surface area contributed by atoms with Crippen molar-refractivity contribution in [3.63, 3.8) is 0 Å². The number of nitrogens with zero attached hydrogens (tertiary/aromatic N) is 3. The Morgan fingerprint density at radius 1 is 1.42 bits per heavy atom. The molecule has 2 amide bonds. The number of benzene rings is 1. The maximum atomic E-state index is 15.1. The van der Waals surface area contributed by atoms with E-state index in [9.17, 15) is 9.59 Å². The van der Waals surface area contributed by atoms with Gasteiger partial charge in [0, 0.05) is 31.4 Å². The summed E-state index contributed by atoms with van der Waals surface area (Å²) < 4.78 is 27.6. The van der Waals surface area contributed by atoms with Gasteiger partial charge in [0.15, 0.2) is 12.3 Å². The largest absolute Gasteiger partial charge is 0.496 e. The Morgan fingerprint density at radius 2 is 2.19 bits per heavy atom. The molecule has 3 N–H and O–H groups in total. The molecule has 31 heavy (non-hydrogen) atoms. The Balaban J connectivity index is 1.93. The molecule has 0 saturated carbocycles. The molecule has 0 fully saturated rings. The molecule has 0 radical (unpaired) electrons. The van der Waals surface area contributed by atoms with Crippen LogP contribution in [0.5, 0.6) is 11.5 Å². The number of nitrogens with one attached hydrogen (secondary N) is 1. The molecule has 10 heteroatoms. The van der Waals surface area contributed by atoms with Crippen molar-refractivity contribution in [3.8, 4) is 22.6 Å². The SMILES string of the molecule is CCCNC(=O)c1nc2c(-c3cc4c(cc3OC)N(C)C(=O)CO4)c(F)ccn2c1N. The smallest absolute Gasteiger partial charge is 0.273 e. The molecule has 2 aromatic heterocycles. The summed E-state index contributed by atoms with van der Waals surface area (Å²) in [6, 6.07) is 4.44. The maximum absolute atomic E-state index is 15.1. The van der Waals surface area contributed by atoms with E-state index in [0.29, 0.717) is 29.3 Å². The number of rotatable bonds is 5. The molecule has 0 atom stereocenters. The molecule has 0 spiro atoms. The molecule has 3 aromatic rings. The topological polar surface area (TPSA) is 111 Å². The molecule has 1 aliphatic heterocycles. The molecule has 9 nitrogen and oxygen atoms in total. The number of halogens is 1. The summed E-state index contributed by atoms with van der Waals surface area (Å²) in [5.41, 5.74) is 7.29. The number of anilines is 2. The van der Waals surface area contributed by atoms with Gasteiger partial charge in [0.05, 0.1) is 18.4 Å². The molecular weight excluding hydrogens is 405 g/mol. The van der Waals surface area contributed by atoms with Crippen molar-refractivity contribution in [2.24, 2.45) is 0 Å². The zero-order valence-corrected chi connectivity index (χ0v) is 17.4. The van der Waals surface area contributed by atoms with E-state index < -0.39 is 11.7 Å². The number of methoxy groups -OCH3 is 1. The highest BCUT2D eigenvalue weighted by atomic mass is 19.1. The van der Waals surface area contributed by atoms with Crippen LogP contribution in [0.4, 0.5) is 15.9 Å². The van der Waals surface area contributed by atoms with E-state index in [1.54, 1.807) is 19.2 Å². The summed E-state index contributed by atoms with van der Waals surface area (Å²) in [4.78, 5) is 30.2. The number of hydrogen-bond donors (Lipinski definition) is 2. The number of ether oxygens (including phenoxy) is 2. The van der Waals surface area contributed by atoms with Crippen LogP contribution in [0.1, 0.15) is 23.8 Å². The summed E-state index contributed by atoms with van der Waals surface area (Å²) in [5, 5.41) is 2.73. The molecule has 0 bridgehead atoms. The fraction of sp³-hybridized carbons (Fsp3) is 0.286. The number of nitrogens with two attached hydrogens (primary N) is 1. The van der Waals surface area contributed by atoms with Gasteiger partial charge in [-0.05, 0) is 18.6 Å². The molecular formula is C21H22FN5O4. The van der Waals surface area contributed by atoms with Gasteiger partial charge in [-0.1, -0.05) is 6.92 Å². The van der Waals surface area contributed by atoms with Crippen LogP contribution in [0.15, 0.2) is 24.4 Å². The number of fused-ring (bicyclic) bond motifs is 2. The average Bonchev–Trinajstić information content (AvgIpc) is 3.10. The Kier molecular flexibility index (Phi) is 5.14. The first-order valence-corrected chi connectivity index (χ1v) is 9.73. The standard InChI is InChI=1S/C21H22FN5O4/c1-4-6-24-21(29)18-19(23)27-7-5-12(22)17(20(27)25-18)11-8-15-13(9-14(11)30-3)26(2)16(28)10-31-15/h5,7-9H,4,6,10,23H2,1-3H3,(H,24,29). The van der Waals surface area contributed by atoms with Gasteiger partial charge in [0.1, 0.15) is 28.8 Å². The minimum absolute atomic E-state index is 0.0128. The Morgan fingerprint density at radius 3 is 2.90 bits per heavy atom. The lowest BCUT2D eigenvalue weighted by molar-refractivity contribution is -0.120. The first-order chi connectivity index (χ1) is 14.9. The summed E-state index contributed by atoms with van der Waals surface area (Å²) in [5.74, 6) is -0.399. The Hall–Kier alpha value is -3.82. The number of hydrogen-bond acceptors (Lipinski definition) is 6. The van der Waals surface area contributed by atoms with Gasteiger partial charge in [-0.25, -0.2) is 9.37 Å². The average molecular weight is 427 g/mol. The van der Waals surface area contributed by atoms with Crippen LogP contribution in [-0.2, 0) is 4.79 Å². The summed E-state index contributed by atoms with van der Waals surface area (Å²) in [6.07, 6.45) is 2.17. The van der Waals surface area contributed by atoms with Crippen molar-refractivity contribution in [1.29, 1.82) is 0 Å². The lowest BCUT2D eigenvalue weighted by Gasteiger charge is -2.27. The third-order valence-corrected chi connectivity index (χ3v) is 5.17. The maximum Gasteiger partial charge on any atom is 0.273 e. The van der Waals surface area contributed by atoms with Crippen molar-refractivity contribution in [3.05, 3.63) is 35.9 Å². The lowest BCUT2D eigenvalue weighted by atomic mass is 10.0. The van der Waals surface area contributed by atoms with Crippen LogP contribution in [0.3, 0.4) is 0 Å². The van der Waals surface area contributed by atoms with Crippen LogP contribution in [-0.4, -0.2) is 48.5 Å². The van der Waals surface area contributed by atoms with Crippen molar-refractivity contribution in [2.45, 2.75) is 13.3 Å². The number of carbonyl (C=O) groups excluding carboxylic acids is 2. The van der Waals surface area contributed by atoms with Gasteiger partial charge >= 0.3 is 0 Å².